The zero-order valence-corrected chi connectivity index (χ0v) is 11.0. The van der Waals surface area contributed by atoms with Crippen LogP contribution in [0.4, 0.5) is 0 Å². The lowest BCUT2D eigenvalue weighted by Gasteiger charge is -2.23. The summed E-state index contributed by atoms with van der Waals surface area (Å²) in [7, 11) is 0. The normalized spacial score (nSPS) is 11.4. The molecule has 106 valence electrons. The minimum absolute atomic E-state index is 0.500. The van der Waals surface area contributed by atoms with Gasteiger partial charge in [0.15, 0.2) is 0 Å². The van der Waals surface area contributed by atoms with Gasteiger partial charge in [0.25, 0.3) is 0 Å². The topological polar surface area (TPSA) is 110 Å². The summed E-state index contributed by atoms with van der Waals surface area (Å²) < 4.78 is 0. The van der Waals surface area contributed by atoms with Crippen molar-refractivity contribution in [2.75, 3.05) is 32.7 Å². The molecule has 0 aromatic carbocycles. The third kappa shape index (κ3) is 7.50. The summed E-state index contributed by atoms with van der Waals surface area (Å²) in [6.07, 6.45) is 4.32. The van der Waals surface area contributed by atoms with Crippen LogP contribution in [0.15, 0.2) is 0 Å². The second kappa shape index (κ2) is 11.3. The Bertz CT molecular complexity index is 216. The predicted octanol–water partition coefficient (Wildman–Crippen LogP) is -1.22. The van der Waals surface area contributed by atoms with E-state index in [4.69, 9.17) is 11.5 Å². The molecule has 0 aliphatic rings. The monoisotopic (exact) mass is 258 g/mol. The van der Waals surface area contributed by atoms with Crippen molar-refractivity contribution in [1.82, 2.24) is 10.6 Å². The van der Waals surface area contributed by atoms with Crippen LogP contribution < -0.4 is 22.1 Å². The number of nitrogens with one attached hydrogen (secondary N) is 2. The molecule has 18 heavy (non-hydrogen) atoms. The first-order valence-electron chi connectivity index (χ1n) is 6.53. The Kier molecular flexibility index (Phi) is 10.8. The van der Waals surface area contributed by atoms with E-state index in [0.29, 0.717) is 38.6 Å². The molecule has 0 radical (unpaired) electrons. The van der Waals surface area contributed by atoms with Gasteiger partial charge in [-0.05, 0) is 58.4 Å². The number of carbonyl (C=O) groups is 2. The van der Waals surface area contributed by atoms with Crippen molar-refractivity contribution in [3.63, 3.8) is 0 Å². The second-order valence-corrected chi connectivity index (χ2v) is 4.34. The lowest BCUT2D eigenvalue weighted by molar-refractivity contribution is -0.122. The lowest BCUT2D eigenvalue weighted by Crippen LogP contribution is -2.49. The van der Waals surface area contributed by atoms with Gasteiger partial charge in [-0.15, -0.1) is 0 Å². The van der Waals surface area contributed by atoms with E-state index in [1.807, 2.05) is 0 Å². The van der Waals surface area contributed by atoms with Crippen LogP contribution in [-0.4, -0.2) is 50.8 Å². The Morgan fingerprint density at radius 3 is 2.00 bits per heavy atom. The summed E-state index contributed by atoms with van der Waals surface area (Å²) in [5, 5.41) is 6.19. The maximum atomic E-state index is 11.1. The van der Waals surface area contributed by atoms with E-state index in [9.17, 15) is 9.59 Å². The molecule has 0 aromatic rings. The van der Waals surface area contributed by atoms with Gasteiger partial charge >= 0.3 is 0 Å². The molecule has 0 saturated carbocycles. The molecular weight excluding hydrogens is 232 g/mol. The van der Waals surface area contributed by atoms with Gasteiger partial charge in [0.05, 0.1) is 0 Å². The summed E-state index contributed by atoms with van der Waals surface area (Å²) in [5.41, 5.74) is 9.69. The van der Waals surface area contributed by atoms with Gasteiger partial charge in [-0.25, -0.2) is 0 Å². The van der Waals surface area contributed by atoms with Crippen LogP contribution in [0.1, 0.15) is 25.7 Å². The van der Waals surface area contributed by atoms with E-state index in [1.54, 1.807) is 0 Å². The highest BCUT2D eigenvalue weighted by atomic mass is 16.1. The van der Waals surface area contributed by atoms with Crippen molar-refractivity contribution in [2.24, 2.45) is 11.5 Å². The molecule has 0 fully saturated rings. The van der Waals surface area contributed by atoms with E-state index in [-0.39, 0.29) is 0 Å². The molecule has 0 aliphatic heterocycles. The van der Waals surface area contributed by atoms with Crippen LogP contribution in [0.5, 0.6) is 0 Å². The lowest BCUT2D eigenvalue weighted by atomic mass is 9.96. The molecule has 6 nitrogen and oxygen atoms in total. The smallest absolute Gasteiger partial charge is 0.147 e. The maximum Gasteiger partial charge on any atom is 0.147 e. The first-order valence-corrected chi connectivity index (χ1v) is 6.53. The largest absolute Gasteiger partial charge is 0.330 e. The van der Waals surface area contributed by atoms with Crippen molar-refractivity contribution in [3.05, 3.63) is 0 Å². The quantitative estimate of drug-likeness (QED) is 0.187. The first kappa shape index (κ1) is 17.2. The minimum atomic E-state index is -1.05. The maximum absolute atomic E-state index is 11.1. The second-order valence-electron chi connectivity index (χ2n) is 4.34. The van der Waals surface area contributed by atoms with Crippen LogP contribution >= 0.6 is 0 Å². The first-order chi connectivity index (χ1) is 8.74. The van der Waals surface area contributed by atoms with E-state index < -0.39 is 5.54 Å². The zero-order valence-electron chi connectivity index (χ0n) is 11.0. The van der Waals surface area contributed by atoms with Crippen LogP contribution in [-0.2, 0) is 9.59 Å². The van der Waals surface area contributed by atoms with E-state index in [0.717, 1.165) is 32.4 Å². The molecule has 6 heteroatoms. The van der Waals surface area contributed by atoms with Gasteiger partial charge in [0, 0.05) is 0 Å². The Morgan fingerprint density at radius 2 is 1.44 bits per heavy atom. The van der Waals surface area contributed by atoms with Crippen LogP contribution in [0, 0.1) is 0 Å². The number of aldehydes is 2. The van der Waals surface area contributed by atoms with Crippen LogP contribution in [0.25, 0.3) is 0 Å². The average Bonchev–Trinajstić information content (AvgIpc) is 2.41. The molecule has 0 spiro atoms. The van der Waals surface area contributed by atoms with E-state index in [2.05, 4.69) is 10.6 Å². The van der Waals surface area contributed by atoms with Crippen LogP contribution in [0.2, 0.25) is 0 Å². The Hall–Kier alpha value is -0.820. The fourth-order valence-corrected chi connectivity index (χ4v) is 1.60. The summed E-state index contributed by atoms with van der Waals surface area (Å²) in [5.74, 6) is 0. The standard InChI is InChI=1S/C12H26N4O2/c13-5-2-8-15-7-1-4-12(10-17,11-18)16-9-3-6-14/h10-11,15-16H,1-9,13-14H2. The number of carbonyl (C=O) groups excluding carboxylic acids is 2. The van der Waals surface area contributed by atoms with Crippen molar-refractivity contribution in [1.29, 1.82) is 0 Å². The van der Waals surface area contributed by atoms with E-state index >= 15 is 0 Å². The fourth-order valence-electron chi connectivity index (χ4n) is 1.60. The molecule has 0 aliphatic carbocycles. The minimum Gasteiger partial charge on any atom is -0.330 e. The predicted molar refractivity (Wildman–Crippen MR) is 72.3 cm³/mol. The summed E-state index contributed by atoms with van der Waals surface area (Å²) in [6.45, 7) is 3.44. The van der Waals surface area contributed by atoms with Crippen molar-refractivity contribution >= 4 is 12.6 Å². The molecule has 0 atom stereocenters. The number of hydrogen-bond donors (Lipinski definition) is 4. The molecule has 0 rings (SSSR count). The third-order valence-corrected chi connectivity index (χ3v) is 2.76. The van der Waals surface area contributed by atoms with Gasteiger partial charge in [-0.1, -0.05) is 0 Å². The highest BCUT2D eigenvalue weighted by molar-refractivity contribution is 5.89. The van der Waals surface area contributed by atoms with Gasteiger partial charge in [0.2, 0.25) is 0 Å². The number of hydrogen-bond acceptors (Lipinski definition) is 6. The van der Waals surface area contributed by atoms with Crippen LogP contribution in [0.3, 0.4) is 0 Å². The number of rotatable bonds is 13. The van der Waals surface area contributed by atoms with Gasteiger partial charge in [-0.2, -0.15) is 0 Å². The molecule has 0 amide bonds. The highest BCUT2D eigenvalue weighted by Gasteiger charge is 2.27. The summed E-state index contributed by atoms with van der Waals surface area (Å²) in [6, 6.07) is 0. The van der Waals surface area contributed by atoms with Crippen molar-refractivity contribution in [3.8, 4) is 0 Å². The van der Waals surface area contributed by atoms with Gasteiger partial charge < -0.3 is 26.4 Å². The van der Waals surface area contributed by atoms with Gasteiger partial charge in [-0.3, -0.25) is 5.32 Å². The Balaban J connectivity index is 3.87. The molecule has 0 saturated heterocycles. The molecule has 6 N–H and O–H groups in total. The highest BCUT2D eigenvalue weighted by Crippen LogP contribution is 2.07. The Labute approximate surface area is 109 Å². The number of nitrogens with two attached hydrogens (primary N) is 2. The molecule has 0 aromatic heterocycles. The van der Waals surface area contributed by atoms with Crippen molar-refractivity contribution < 1.29 is 9.59 Å². The van der Waals surface area contributed by atoms with Crippen molar-refractivity contribution in [2.45, 2.75) is 31.2 Å². The average molecular weight is 258 g/mol. The van der Waals surface area contributed by atoms with Gasteiger partial charge in [0.1, 0.15) is 18.1 Å². The summed E-state index contributed by atoms with van der Waals surface area (Å²) in [4.78, 5) is 22.1. The van der Waals surface area contributed by atoms with E-state index in [1.165, 1.54) is 0 Å². The fraction of sp³-hybridized carbons (Fsp3) is 0.833. The molecule has 0 heterocycles. The molecular formula is C12H26N4O2. The SMILES string of the molecule is NCCCNCCCC(C=O)(C=O)NCCCN. The molecule has 0 bridgehead atoms. The summed E-state index contributed by atoms with van der Waals surface area (Å²) >= 11 is 0. The molecule has 0 unspecified atom stereocenters. The Morgan fingerprint density at radius 1 is 0.889 bits per heavy atom. The third-order valence-electron chi connectivity index (χ3n) is 2.76. The zero-order chi connectivity index (χ0) is 13.7.